The Bertz CT molecular complexity index is 1710. The van der Waals surface area contributed by atoms with Crippen LogP contribution in [0.3, 0.4) is 0 Å². The summed E-state index contributed by atoms with van der Waals surface area (Å²) in [6.07, 6.45) is 0.204. The largest absolute Gasteiger partial charge is 0.394 e. The molecule has 8 nitrogen and oxygen atoms in total. The Labute approximate surface area is 269 Å². The summed E-state index contributed by atoms with van der Waals surface area (Å²) in [6, 6.07) is 22.7. The van der Waals surface area contributed by atoms with E-state index in [9.17, 15) is 19.5 Å². The van der Waals surface area contributed by atoms with Crippen molar-refractivity contribution in [2.75, 3.05) is 23.0 Å². The van der Waals surface area contributed by atoms with Crippen molar-refractivity contribution in [3.8, 4) is 0 Å². The van der Waals surface area contributed by atoms with E-state index in [4.69, 9.17) is 4.74 Å². The van der Waals surface area contributed by atoms with Gasteiger partial charge >= 0.3 is 0 Å². The lowest BCUT2D eigenvalue weighted by atomic mass is 9.82. The predicted molar refractivity (Wildman–Crippen MR) is 175 cm³/mol. The maximum Gasteiger partial charge on any atom is 0.264 e. The monoisotopic (exact) mass is 641 g/mol. The number of carbonyl (C=O) groups excluding carboxylic acids is 3. The zero-order chi connectivity index (χ0) is 32.4. The number of benzene rings is 3. The number of nitrogens with zero attached hydrogens (tertiary/aromatic N) is 3. The van der Waals surface area contributed by atoms with Gasteiger partial charge in [-0.05, 0) is 54.4 Å². The van der Waals surface area contributed by atoms with Crippen LogP contribution >= 0.6 is 0 Å². The molecule has 0 radical (unpaired) electrons. The summed E-state index contributed by atoms with van der Waals surface area (Å²) in [4.78, 5) is 45.9. The molecule has 1 N–H and O–H groups in total. The fourth-order valence-electron chi connectivity index (χ4n) is 8.28. The Morgan fingerprint density at radius 1 is 1.04 bits per heavy atom. The van der Waals surface area contributed by atoms with Crippen molar-refractivity contribution in [3.05, 3.63) is 95.1 Å². The zero-order valence-corrected chi connectivity index (χ0v) is 27.5. The third-order valence-electron chi connectivity index (χ3n) is 10.5. The number of halogens is 1. The molecule has 1 spiro atoms. The highest BCUT2D eigenvalue weighted by molar-refractivity contribution is 6.72. The number of amides is 3. The molecule has 3 aromatic rings. The van der Waals surface area contributed by atoms with Gasteiger partial charge < -0.3 is 28.7 Å². The van der Waals surface area contributed by atoms with Crippen LogP contribution in [0.1, 0.15) is 42.0 Å². The zero-order valence-electron chi connectivity index (χ0n) is 26.5. The number of anilines is 2. The third kappa shape index (κ3) is 4.89. The van der Waals surface area contributed by atoms with Gasteiger partial charge in [-0.25, -0.2) is 0 Å². The fourth-order valence-corrected chi connectivity index (χ4v) is 10.8. The minimum atomic E-state index is -3.47. The maximum absolute atomic E-state index is 16.3. The second kappa shape index (κ2) is 11.4. The van der Waals surface area contributed by atoms with Crippen molar-refractivity contribution >= 4 is 37.5 Å². The van der Waals surface area contributed by atoms with Crippen LogP contribution in [0.25, 0.3) is 0 Å². The highest BCUT2D eigenvalue weighted by Gasteiger charge is 2.67. The molecular formula is C36H40FN3O5Si. The molecule has 3 amide bonds. The summed E-state index contributed by atoms with van der Waals surface area (Å²) in [5.41, 5.74) is 3.18. The van der Waals surface area contributed by atoms with Crippen molar-refractivity contribution in [2.24, 2.45) is 5.92 Å². The van der Waals surface area contributed by atoms with E-state index < -0.39 is 31.6 Å². The molecule has 7 rings (SSSR count). The summed E-state index contributed by atoms with van der Waals surface area (Å²) in [6.45, 7) is 6.29. The van der Waals surface area contributed by atoms with Gasteiger partial charge in [0.05, 0.1) is 37.4 Å². The number of hydrogen-bond donors (Lipinski definition) is 1. The van der Waals surface area contributed by atoms with Gasteiger partial charge in [-0.3, -0.25) is 14.4 Å². The van der Waals surface area contributed by atoms with Crippen molar-refractivity contribution in [1.29, 1.82) is 0 Å². The van der Waals surface area contributed by atoms with E-state index in [0.717, 1.165) is 22.4 Å². The van der Waals surface area contributed by atoms with Gasteiger partial charge in [0.1, 0.15) is 0 Å². The number of carbonyl (C=O) groups is 3. The maximum atomic E-state index is 16.3. The topological polar surface area (TPSA) is 90.4 Å². The van der Waals surface area contributed by atoms with Crippen molar-refractivity contribution in [2.45, 2.75) is 75.7 Å². The summed E-state index contributed by atoms with van der Waals surface area (Å²) in [5.74, 6) is -0.907. The number of aliphatic hydroxyl groups excluding tert-OH is 1. The van der Waals surface area contributed by atoms with E-state index >= 15 is 4.11 Å². The number of β-lactam (4-membered cyclic amide) rings is 1. The molecule has 2 saturated heterocycles. The van der Waals surface area contributed by atoms with Crippen LogP contribution in [0.15, 0.2) is 72.8 Å². The van der Waals surface area contributed by atoms with Crippen LogP contribution in [0.2, 0.25) is 18.6 Å². The van der Waals surface area contributed by atoms with Crippen LogP contribution < -0.4 is 9.80 Å². The van der Waals surface area contributed by atoms with Crippen LogP contribution in [-0.2, 0) is 44.2 Å². The average Bonchev–Trinajstić information content (AvgIpc) is 3.46. The Balaban J connectivity index is 1.20. The van der Waals surface area contributed by atoms with E-state index in [1.807, 2.05) is 79.7 Å². The molecule has 0 aromatic heterocycles. The lowest BCUT2D eigenvalue weighted by molar-refractivity contribution is -0.151. The second-order valence-electron chi connectivity index (χ2n) is 13.7. The molecule has 0 bridgehead atoms. The first kappa shape index (κ1) is 30.8. The Morgan fingerprint density at radius 3 is 2.48 bits per heavy atom. The molecule has 10 heteroatoms. The van der Waals surface area contributed by atoms with Crippen LogP contribution in [0.4, 0.5) is 15.5 Å². The molecule has 3 aromatic carbocycles. The summed E-state index contributed by atoms with van der Waals surface area (Å²) in [5, 5.41) is 10.2. The van der Waals surface area contributed by atoms with Crippen LogP contribution in [0, 0.1) is 5.92 Å². The molecule has 2 fully saturated rings. The highest BCUT2D eigenvalue weighted by Crippen LogP contribution is 2.60. The van der Waals surface area contributed by atoms with E-state index in [-0.39, 0.29) is 43.3 Å². The van der Waals surface area contributed by atoms with Crippen molar-refractivity contribution in [1.82, 2.24) is 4.90 Å². The number of fused-ring (bicyclic) bond motifs is 3. The molecular weight excluding hydrogens is 601 g/mol. The Morgan fingerprint density at radius 2 is 1.78 bits per heavy atom. The predicted octanol–water partition coefficient (Wildman–Crippen LogP) is 5.08. The standard InChI is InChI=1S/C36H40FN3O5Si/c1-23-34(46(2,3)37)31(19-33(43)39-21-26-11-5-4-10-25(26)18-28(39)22-41)45-36(23)29-13-6-7-14-30(29)40(35(36)44)20-24-9-8-12-27(17-24)38-16-15-32(38)42/h4-14,17,23,28,31,34,41H,15-16,18-22H2,1-3H3/t23-,28-,31+,34-,36+/m0/s1. The summed E-state index contributed by atoms with van der Waals surface area (Å²) in [7, 11) is -3.47. The quantitative estimate of drug-likeness (QED) is 0.221. The normalized spacial score (nSPS) is 27.2. The Kier molecular flexibility index (Phi) is 7.65. The molecule has 4 aliphatic rings. The molecule has 4 aliphatic heterocycles. The van der Waals surface area contributed by atoms with Crippen molar-refractivity contribution in [3.63, 3.8) is 0 Å². The number of para-hydroxylation sites is 1. The summed E-state index contributed by atoms with van der Waals surface area (Å²) < 4.78 is 23.1. The van der Waals surface area contributed by atoms with Gasteiger partial charge in [0, 0.05) is 42.2 Å². The lowest BCUT2D eigenvalue weighted by Crippen LogP contribution is -2.48. The fraction of sp³-hybridized carbons (Fsp3) is 0.417. The minimum Gasteiger partial charge on any atom is -0.394 e. The SMILES string of the molecule is C[C@H]1[C@H]([Si](C)(C)F)[C@@H](CC(=O)N2Cc3ccccc3C[C@H]2CO)O[C@]12C(=O)N(Cc1cccc(N3CCC3=O)c1)c1ccccc12. The first-order valence-electron chi connectivity index (χ1n) is 16.2. The first-order valence-corrected chi connectivity index (χ1v) is 19.1. The van der Waals surface area contributed by atoms with E-state index in [2.05, 4.69) is 0 Å². The molecule has 5 atom stereocenters. The highest BCUT2D eigenvalue weighted by atomic mass is 28.4. The van der Waals surface area contributed by atoms with Gasteiger partial charge in [-0.15, -0.1) is 0 Å². The third-order valence-corrected chi connectivity index (χ3v) is 13.0. The summed E-state index contributed by atoms with van der Waals surface area (Å²) >= 11 is 0. The molecule has 240 valence electrons. The number of ether oxygens (including phenoxy) is 1. The van der Waals surface area contributed by atoms with Gasteiger partial charge in [-0.2, -0.15) is 0 Å². The van der Waals surface area contributed by atoms with E-state index in [0.29, 0.717) is 37.2 Å². The molecule has 46 heavy (non-hydrogen) atoms. The van der Waals surface area contributed by atoms with E-state index in [1.54, 1.807) is 27.8 Å². The second-order valence-corrected chi connectivity index (χ2v) is 17.5. The minimum absolute atomic E-state index is 0.0723. The lowest BCUT2D eigenvalue weighted by Gasteiger charge is -2.37. The number of hydrogen-bond acceptors (Lipinski definition) is 5. The smallest absolute Gasteiger partial charge is 0.264 e. The van der Waals surface area contributed by atoms with Gasteiger partial charge in [0.2, 0.25) is 20.2 Å². The van der Waals surface area contributed by atoms with Crippen LogP contribution in [0.5, 0.6) is 0 Å². The molecule has 0 saturated carbocycles. The van der Waals surface area contributed by atoms with E-state index in [1.165, 1.54) is 0 Å². The first-order chi connectivity index (χ1) is 22.0. The Hall–Kier alpha value is -3.86. The van der Waals surface area contributed by atoms with Gasteiger partial charge in [0.15, 0.2) is 5.60 Å². The van der Waals surface area contributed by atoms with Crippen molar-refractivity contribution < 1.29 is 28.3 Å². The van der Waals surface area contributed by atoms with Gasteiger partial charge in [-0.1, -0.05) is 61.5 Å². The van der Waals surface area contributed by atoms with Gasteiger partial charge in [0.25, 0.3) is 5.91 Å². The molecule has 0 aliphatic carbocycles. The molecule has 0 unspecified atom stereocenters. The molecule has 4 heterocycles. The van der Waals surface area contributed by atoms with Crippen LogP contribution in [-0.4, -0.2) is 61.4 Å². The number of aliphatic hydroxyl groups is 1. The number of rotatable bonds is 7. The average molecular weight is 642 g/mol.